The molecule has 0 aromatic heterocycles. The van der Waals surface area contributed by atoms with Crippen LogP contribution in [0.2, 0.25) is 0 Å². The standard InChI is InChI=1S/C18H30N2/c1-5-12-20(18-10-11-19-13-18)15(4)17-8-6-16(7-9-17)14(2)3/h6-9,14-15,18-19H,5,10-13H2,1-4H3. The Hall–Kier alpha value is -0.860. The Kier molecular flexibility index (Phi) is 5.62. The fourth-order valence-electron chi connectivity index (χ4n) is 3.22. The smallest absolute Gasteiger partial charge is 0.0323 e. The molecule has 1 aromatic carbocycles. The maximum Gasteiger partial charge on any atom is 0.0323 e. The predicted molar refractivity (Wildman–Crippen MR) is 87.2 cm³/mol. The van der Waals surface area contributed by atoms with Crippen LogP contribution in [0, 0.1) is 0 Å². The number of rotatable bonds is 6. The number of hydrogen-bond donors (Lipinski definition) is 1. The maximum atomic E-state index is 3.50. The zero-order valence-corrected chi connectivity index (χ0v) is 13.5. The molecule has 0 spiro atoms. The number of nitrogens with one attached hydrogen (secondary N) is 1. The predicted octanol–water partition coefficient (Wildman–Crippen LogP) is 3.94. The van der Waals surface area contributed by atoms with Gasteiger partial charge < -0.3 is 5.32 Å². The fourth-order valence-corrected chi connectivity index (χ4v) is 3.22. The van der Waals surface area contributed by atoms with Crippen LogP contribution in [0.25, 0.3) is 0 Å². The molecule has 0 radical (unpaired) electrons. The Morgan fingerprint density at radius 3 is 2.30 bits per heavy atom. The van der Waals surface area contributed by atoms with E-state index in [4.69, 9.17) is 0 Å². The van der Waals surface area contributed by atoms with E-state index in [2.05, 4.69) is 62.2 Å². The molecule has 0 bridgehead atoms. The second-order valence-electron chi connectivity index (χ2n) is 6.38. The molecule has 1 N–H and O–H groups in total. The van der Waals surface area contributed by atoms with Crippen molar-refractivity contribution in [1.82, 2.24) is 10.2 Å². The lowest BCUT2D eigenvalue weighted by Crippen LogP contribution is -2.39. The summed E-state index contributed by atoms with van der Waals surface area (Å²) in [6.45, 7) is 12.7. The van der Waals surface area contributed by atoms with E-state index in [1.54, 1.807) is 0 Å². The van der Waals surface area contributed by atoms with Crippen molar-refractivity contribution in [2.75, 3.05) is 19.6 Å². The van der Waals surface area contributed by atoms with Gasteiger partial charge in [-0.3, -0.25) is 4.90 Å². The highest BCUT2D eigenvalue weighted by molar-refractivity contribution is 5.26. The summed E-state index contributed by atoms with van der Waals surface area (Å²) in [5.41, 5.74) is 2.89. The number of benzene rings is 1. The van der Waals surface area contributed by atoms with Crippen LogP contribution in [-0.2, 0) is 0 Å². The Morgan fingerprint density at radius 2 is 1.80 bits per heavy atom. The van der Waals surface area contributed by atoms with Gasteiger partial charge in [-0.15, -0.1) is 0 Å². The average Bonchev–Trinajstić information content (AvgIpc) is 2.98. The van der Waals surface area contributed by atoms with Crippen LogP contribution < -0.4 is 5.32 Å². The van der Waals surface area contributed by atoms with Crippen molar-refractivity contribution in [3.8, 4) is 0 Å². The molecule has 1 aliphatic heterocycles. The van der Waals surface area contributed by atoms with Gasteiger partial charge in [-0.1, -0.05) is 45.0 Å². The molecule has 112 valence electrons. The quantitative estimate of drug-likeness (QED) is 0.845. The molecule has 0 saturated carbocycles. The molecule has 20 heavy (non-hydrogen) atoms. The van der Waals surface area contributed by atoms with Crippen molar-refractivity contribution < 1.29 is 0 Å². The van der Waals surface area contributed by atoms with Crippen LogP contribution in [0.15, 0.2) is 24.3 Å². The van der Waals surface area contributed by atoms with Gasteiger partial charge in [0.2, 0.25) is 0 Å². The Balaban J connectivity index is 2.11. The second-order valence-corrected chi connectivity index (χ2v) is 6.38. The van der Waals surface area contributed by atoms with Crippen LogP contribution >= 0.6 is 0 Å². The lowest BCUT2D eigenvalue weighted by molar-refractivity contribution is 0.153. The van der Waals surface area contributed by atoms with E-state index in [0.717, 1.165) is 6.54 Å². The summed E-state index contributed by atoms with van der Waals surface area (Å²) in [5, 5.41) is 3.50. The van der Waals surface area contributed by atoms with E-state index in [-0.39, 0.29) is 0 Å². The van der Waals surface area contributed by atoms with Crippen LogP contribution in [0.5, 0.6) is 0 Å². The Bertz CT molecular complexity index is 390. The van der Waals surface area contributed by atoms with Crippen LogP contribution in [-0.4, -0.2) is 30.6 Å². The zero-order chi connectivity index (χ0) is 14.5. The molecule has 1 fully saturated rings. The molecule has 2 nitrogen and oxygen atoms in total. The lowest BCUT2D eigenvalue weighted by Gasteiger charge is -2.34. The van der Waals surface area contributed by atoms with Crippen molar-refractivity contribution in [2.45, 2.75) is 58.5 Å². The molecule has 0 amide bonds. The summed E-state index contributed by atoms with van der Waals surface area (Å²) in [7, 11) is 0. The largest absolute Gasteiger partial charge is 0.315 e. The van der Waals surface area contributed by atoms with E-state index >= 15 is 0 Å². The molecule has 1 aromatic rings. The summed E-state index contributed by atoms with van der Waals surface area (Å²) in [5.74, 6) is 0.616. The van der Waals surface area contributed by atoms with Gasteiger partial charge in [-0.25, -0.2) is 0 Å². The topological polar surface area (TPSA) is 15.3 Å². The summed E-state index contributed by atoms with van der Waals surface area (Å²) in [4.78, 5) is 2.68. The third-order valence-electron chi connectivity index (χ3n) is 4.57. The van der Waals surface area contributed by atoms with Crippen molar-refractivity contribution in [1.29, 1.82) is 0 Å². The molecule has 1 saturated heterocycles. The van der Waals surface area contributed by atoms with Crippen LogP contribution in [0.3, 0.4) is 0 Å². The summed E-state index contributed by atoms with van der Waals surface area (Å²) >= 11 is 0. The van der Waals surface area contributed by atoms with Crippen molar-refractivity contribution in [2.24, 2.45) is 0 Å². The first-order chi connectivity index (χ1) is 9.63. The van der Waals surface area contributed by atoms with Crippen LogP contribution in [0.1, 0.15) is 63.6 Å². The molecular formula is C18H30N2. The normalized spacial score (nSPS) is 20.8. The van der Waals surface area contributed by atoms with Gasteiger partial charge >= 0.3 is 0 Å². The zero-order valence-electron chi connectivity index (χ0n) is 13.5. The first kappa shape index (κ1) is 15.5. The number of hydrogen-bond acceptors (Lipinski definition) is 2. The van der Waals surface area contributed by atoms with Gasteiger partial charge in [0.15, 0.2) is 0 Å². The monoisotopic (exact) mass is 274 g/mol. The van der Waals surface area contributed by atoms with E-state index in [0.29, 0.717) is 18.0 Å². The SMILES string of the molecule is CCCN(C1CCNC1)C(C)c1ccc(C(C)C)cc1. The molecule has 2 rings (SSSR count). The minimum absolute atomic E-state index is 0.515. The molecule has 1 heterocycles. The highest BCUT2D eigenvalue weighted by atomic mass is 15.2. The van der Waals surface area contributed by atoms with Gasteiger partial charge in [0.05, 0.1) is 0 Å². The average molecular weight is 274 g/mol. The molecule has 2 atom stereocenters. The van der Waals surface area contributed by atoms with E-state index in [9.17, 15) is 0 Å². The lowest BCUT2D eigenvalue weighted by atomic mass is 9.98. The Labute approximate surface area is 124 Å². The minimum Gasteiger partial charge on any atom is -0.315 e. The van der Waals surface area contributed by atoms with Crippen molar-refractivity contribution in [3.05, 3.63) is 35.4 Å². The Morgan fingerprint density at radius 1 is 1.15 bits per heavy atom. The first-order valence-corrected chi connectivity index (χ1v) is 8.19. The van der Waals surface area contributed by atoms with Gasteiger partial charge in [-0.2, -0.15) is 0 Å². The van der Waals surface area contributed by atoms with Gasteiger partial charge in [0, 0.05) is 18.6 Å². The van der Waals surface area contributed by atoms with Gasteiger partial charge in [-0.05, 0) is 49.9 Å². The maximum absolute atomic E-state index is 3.50. The summed E-state index contributed by atoms with van der Waals surface area (Å²) < 4.78 is 0. The van der Waals surface area contributed by atoms with E-state index in [1.165, 1.54) is 37.1 Å². The highest BCUT2D eigenvalue weighted by Gasteiger charge is 2.26. The van der Waals surface area contributed by atoms with Crippen LogP contribution in [0.4, 0.5) is 0 Å². The second kappa shape index (κ2) is 7.24. The molecule has 2 heteroatoms. The number of nitrogens with zero attached hydrogens (tertiary/aromatic N) is 1. The highest BCUT2D eigenvalue weighted by Crippen LogP contribution is 2.26. The van der Waals surface area contributed by atoms with Crippen molar-refractivity contribution >= 4 is 0 Å². The molecule has 1 aliphatic rings. The van der Waals surface area contributed by atoms with Crippen molar-refractivity contribution in [3.63, 3.8) is 0 Å². The molecular weight excluding hydrogens is 244 g/mol. The van der Waals surface area contributed by atoms with E-state index in [1.807, 2.05) is 0 Å². The third-order valence-corrected chi connectivity index (χ3v) is 4.57. The minimum atomic E-state index is 0.515. The summed E-state index contributed by atoms with van der Waals surface area (Å²) in [6, 6.07) is 10.5. The first-order valence-electron chi connectivity index (χ1n) is 8.19. The van der Waals surface area contributed by atoms with E-state index < -0.39 is 0 Å². The fraction of sp³-hybridized carbons (Fsp3) is 0.667. The van der Waals surface area contributed by atoms with Gasteiger partial charge in [0.1, 0.15) is 0 Å². The summed E-state index contributed by atoms with van der Waals surface area (Å²) in [6.07, 6.45) is 2.51. The molecule has 2 unspecified atom stereocenters. The van der Waals surface area contributed by atoms with Gasteiger partial charge in [0.25, 0.3) is 0 Å². The molecule has 0 aliphatic carbocycles. The third kappa shape index (κ3) is 3.62.